The van der Waals surface area contributed by atoms with E-state index < -0.39 is 0 Å². The van der Waals surface area contributed by atoms with Crippen molar-refractivity contribution in [1.82, 2.24) is 10.7 Å². The van der Waals surface area contributed by atoms with Gasteiger partial charge in [0.2, 0.25) is 0 Å². The van der Waals surface area contributed by atoms with Crippen molar-refractivity contribution in [2.24, 2.45) is 5.10 Å². The van der Waals surface area contributed by atoms with Crippen LogP contribution in [0.15, 0.2) is 59.7 Å². The van der Waals surface area contributed by atoms with Crippen LogP contribution in [-0.4, -0.2) is 31.1 Å². The summed E-state index contributed by atoms with van der Waals surface area (Å²) in [5.74, 6) is 0. The van der Waals surface area contributed by atoms with Gasteiger partial charge in [0.05, 0.1) is 6.21 Å². The zero-order chi connectivity index (χ0) is 17.7. The molecular formula is C19H24N4OS. The first-order valence-corrected chi connectivity index (χ1v) is 8.75. The van der Waals surface area contributed by atoms with Crippen LogP contribution in [0.4, 0.5) is 11.4 Å². The van der Waals surface area contributed by atoms with Crippen LogP contribution in [0.1, 0.15) is 18.9 Å². The highest BCUT2D eigenvalue weighted by Gasteiger charge is 1.95. The fraction of sp³-hybridized carbons (Fsp3) is 0.263. The molecule has 6 heteroatoms. The lowest BCUT2D eigenvalue weighted by molar-refractivity contribution is 0.145. The molecule has 0 bridgehead atoms. The predicted octanol–water partition coefficient (Wildman–Crippen LogP) is 3.65. The fourth-order valence-corrected chi connectivity index (χ4v) is 2.22. The zero-order valence-corrected chi connectivity index (χ0v) is 15.2. The van der Waals surface area contributed by atoms with Gasteiger partial charge in [-0.25, -0.2) is 0 Å². The van der Waals surface area contributed by atoms with E-state index in [1.165, 1.54) is 0 Å². The summed E-state index contributed by atoms with van der Waals surface area (Å²) in [6.07, 6.45) is 2.65. The molecule has 0 radical (unpaired) electrons. The number of hydrazone groups is 1. The van der Waals surface area contributed by atoms with E-state index in [2.05, 4.69) is 21.2 Å². The highest BCUT2D eigenvalue weighted by Crippen LogP contribution is 2.15. The van der Waals surface area contributed by atoms with Gasteiger partial charge in [-0.3, -0.25) is 5.43 Å². The summed E-state index contributed by atoms with van der Waals surface area (Å²) in [6, 6.07) is 18.1. The molecule has 25 heavy (non-hydrogen) atoms. The molecule has 0 amide bonds. The maximum Gasteiger partial charge on any atom is 0.186 e. The van der Waals surface area contributed by atoms with Crippen LogP contribution >= 0.6 is 12.2 Å². The third-order valence-electron chi connectivity index (χ3n) is 3.31. The molecule has 3 N–H and O–H groups in total. The molecule has 0 heterocycles. The highest BCUT2D eigenvalue weighted by molar-refractivity contribution is 7.80. The first-order valence-electron chi connectivity index (χ1n) is 8.34. The fourth-order valence-electron chi connectivity index (χ4n) is 2.07. The lowest BCUT2D eigenvalue weighted by Crippen LogP contribution is -2.33. The SMILES string of the molecule is CCOCCCNC(=S)N/N=C\c1ccc(Nc2ccccc2)cc1. The number of nitrogens with one attached hydrogen (secondary N) is 3. The Hall–Kier alpha value is -2.44. The minimum atomic E-state index is 0.509. The Labute approximate surface area is 154 Å². The number of ether oxygens (including phenoxy) is 1. The molecule has 0 aromatic heterocycles. The van der Waals surface area contributed by atoms with Crippen LogP contribution in [0.25, 0.3) is 0 Å². The summed E-state index contributed by atoms with van der Waals surface area (Å²) in [5, 5.41) is 11.1. The van der Waals surface area contributed by atoms with Crippen LogP contribution in [0.2, 0.25) is 0 Å². The molecule has 5 nitrogen and oxygen atoms in total. The second-order valence-corrected chi connectivity index (χ2v) is 5.70. The molecule has 2 aromatic carbocycles. The van der Waals surface area contributed by atoms with Crippen molar-refractivity contribution in [3.63, 3.8) is 0 Å². The summed E-state index contributed by atoms with van der Waals surface area (Å²) in [5.41, 5.74) is 5.89. The molecule has 0 aliphatic heterocycles. The number of benzene rings is 2. The largest absolute Gasteiger partial charge is 0.382 e. The van der Waals surface area contributed by atoms with Gasteiger partial charge < -0.3 is 15.4 Å². The smallest absolute Gasteiger partial charge is 0.186 e. The Balaban J connectivity index is 1.71. The first-order chi connectivity index (χ1) is 12.3. The summed E-state index contributed by atoms with van der Waals surface area (Å²) >= 11 is 5.15. The third-order valence-corrected chi connectivity index (χ3v) is 3.54. The Morgan fingerprint density at radius 1 is 1.08 bits per heavy atom. The van der Waals surface area contributed by atoms with Gasteiger partial charge in [-0.15, -0.1) is 0 Å². The lowest BCUT2D eigenvalue weighted by atomic mass is 10.2. The molecule has 0 aliphatic rings. The van der Waals surface area contributed by atoms with Gasteiger partial charge in [0, 0.05) is 31.1 Å². The molecule has 2 aromatic rings. The van der Waals surface area contributed by atoms with E-state index in [9.17, 15) is 0 Å². The van der Waals surface area contributed by atoms with E-state index in [1.807, 2.05) is 61.5 Å². The number of nitrogens with zero attached hydrogens (tertiary/aromatic N) is 1. The maximum absolute atomic E-state index is 5.26. The monoisotopic (exact) mass is 356 g/mol. The number of hydrogen-bond donors (Lipinski definition) is 3. The van der Waals surface area contributed by atoms with Crippen molar-refractivity contribution < 1.29 is 4.74 Å². The van der Waals surface area contributed by atoms with Gasteiger partial charge in [-0.05, 0) is 55.4 Å². The Kier molecular flexibility index (Phi) is 8.44. The molecule has 132 valence electrons. The van der Waals surface area contributed by atoms with E-state index in [1.54, 1.807) is 6.21 Å². The van der Waals surface area contributed by atoms with E-state index in [-0.39, 0.29) is 0 Å². The van der Waals surface area contributed by atoms with Gasteiger partial charge >= 0.3 is 0 Å². The molecule has 0 aliphatic carbocycles. The number of thiocarbonyl (C=S) groups is 1. The normalized spacial score (nSPS) is 10.6. The zero-order valence-electron chi connectivity index (χ0n) is 14.4. The highest BCUT2D eigenvalue weighted by atomic mass is 32.1. The van der Waals surface area contributed by atoms with Gasteiger partial charge in [0.1, 0.15) is 0 Å². The summed E-state index contributed by atoms with van der Waals surface area (Å²) in [6.45, 7) is 4.23. The lowest BCUT2D eigenvalue weighted by Gasteiger charge is -2.07. The summed E-state index contributed by atoms with van der Waals surface area (Å²) in [4.78, 5) is 0. The maximum atomic E-state index is 5.26. The van der Waals surface area contributed by atoms with Crippen molar-refractivity contribution in [1.29, 1.82) is 0 Å². The average Bonchev–Trinajstić information content (AvgIpc) is 2.64. The Morgan fingerprint density at radius 2 is 1.80 bits per heavy atom. The second kappa shape index (κ2) is 11.2. The van der Waals surface area contributed by atoms with Crippen LogP contribution in [0, 0.1) is 0 Å². The average molecular weight is 356 g/mol. The molecule has 0 saturated carbocycles. The molecule has 0 spiro atoms. The van der Waals surface area contributed by atoms with Crippen molar-refractivity contribution in [2.75, 3.05) is 25.1 Å². The standard InChI is InChI=1S/C19H24N4OS/c1-2-24-14-6-13-20-19(25)23-21-15-16-9-11-18(12-10-16)22-17-7-4-3-5-8-17/h3-5,7-12,15,22H,2,6,13-14H2,1H3,(H2,20,23,25)/b21-15-. The number of anilines is 2. The second-order valence-electron chi connectivity index (χ2n) is 5.29. The van der Waals surface area contributed by atoms with E-state index in [0.717, 1.165) is 43.1 Å². The van der Waals surface area contributed by atoms with Crippen LogP contribution in [0.5, 0.6) is 0 Å². The van der Waals surface area contributed by atoms with E-state index in [4.69, 9.17) is 17.0 Å². The third kappa shape index (κ3) is 7.78. The number of rotatable bonds is 9. The summed E-state index contributed by atoms with van der Waals surface area (Å²) in [7, 11) is 0. The van der Waals surface area contributed by atoms with Gasteiger partial charge in [0.15, 0.2) is 5.11 Å². The summed E-state index contributed by atoms with van der Waals surface area (Å²) < 4.78 is 5.26. The van der Waals surface area contributed by atoms with E-state index >= 15 is 0 Å². The van der Waals surface area contributed by atoms with Gasteiger partial charge in [-0.2, -0.15) is 5.10 Å². The molecular weight excluding hydrogens is 332 g/mol. The molecule has 0 unspecified atom stereocenters. The van der Waals surface area contributed by atoms with Crippen LogP contribution in [-0.2, 0) is 4.74 Å². The van der Waals surface area contributed by atoms with Crippen LogP contribution in [0.3, 0.4) is 0 Å². The van der Waals surface area contributed by atoms with Crippen molar-refractivity contribution >= 4 is 34.9 Å². The van der Waals surface area contributed by atoms with Gasteiger partial charge in [0.25, 0.3) is 0 Å². The first kappa shape index (κ1) is 18.9. The van der Waals surface area contributed by atoms with E-state index in [0.29, 0.717) is 5.11 Å². The number of para-hydroxylation sites is 1. The van der Waals surface area contributed by atoms with Crippen LogP contribution < -0.4 is 16.1 Å². The quantitative estimate of drug-likeness (QED) is 0.277. The Bertz CT molecular complexity index is 659. The predicted molar refractivity (Wildman–Crippen MR) is 109 cm³/mol. The molecule has 0 atom stereocenters. The van der Waals surface area contributed by atoms with Gasteiger partial charge in [-0.1, -0.05) is 30.3 Å². The van der Waals surface area contributed by atoms with Crippen molar-refractivity contribution in [3.8, 4) is 0 Å². The van der Waals surface area contributed by atoms with Crippen molar-refractivity contribution in [3.05, 3.63) is 60.2 Å². The Morgan fingerprint density at radius 3 is 2.52 bits per heavy atom. The molecule has 2 rings (SSSR count). The number of hydrogen-bond acceptors (Lipinski definition) is 4. The molecule has 0 fully saturated rings. The van der Waals surface area contributed by atoms with Crippen molar-refractivity contribution in [2.45, 2.75) is 13.3 Å². The topological polar surface area (TPSA) is 57.7 Å². The molecule has 0 saturated heterocycles. The minimum absolute atomic E-state index is 0.509. The minimum Gasteiger partial charge on any atom is -0.382 e.